The third-order valence-corrected chi connectivity index (χ3v) is 4.39. The number of nitrogens with zero attached hydrogens (tertiary/aromatic N) is 1. The van der Waals surface area contributed by atoms with Crippen molar-refractivity contribution in [2.75, 3.05) is 5.32 Å². The summed E-state index contributed by atoms with van der Waals surface area (Å²) in [5, 5.41) is 15.3. The smallest absolute Gasteiger partial charge is 0.335 e. The molecule has 20 heavy (non-hydrogen) atoms. The highest BCUT2D eigenvalue weighted by Gasteiger charge is 2.16. The average Bonchev–Trinajstić information content (AvgIpc) is 3.11. The third-order valence-electron chi connectivity index (χ3n) is 3.61. The van der Waals surface area contributed by atoms with Gasteiger partial charge in [-0.3, -0.25) is 0 Å². The number of hydrogen-bond donors (Lipinski definition) is 2. The molecule has 104 valence electrons. The highest BCUT2D eigenvalue weighted by molar-refractivity contribution is 7.14. The second kappa shape index (κ2) is 5.63. The molecule has 3 rings (SSSR count). The van der Waals surface area contributed by atoms with E-state index in [1.165, 1.54) is 25.7 Å². The summed E-state index contributed by atoms with van der Waals surface area (Å²) in [6, 6.07) is 7.39. The Bertz CT molecular complexity index is 601. The Balaban J connectivity index is 1.73. The van der Waals surface area contributed by atoms with E-state index < -0.39 is 5.97 Å². The molecule has 0 saturated heterocycles. The maximum atomic E-state index is 10.8. The summed E-state index contributed by atoms with van der Waals surface area (Å²) in [6.45, 7) is 0. The highest BCUT2D eigenvalue weighted by Crippen LogP contribution is 2.28. The van der Waals surface area contributed by atoms with E-state index in [2.05, 4.69) is 10.3 Å². The number of carboxylic acid groups (broad SMARTS) is 1. The molecule has 1 aliphatic carbocycles. The van der Waals surface area contributed by atoms with Crippen LogP contribution in [0.25, 0.3) is 11.3 Å². The summed E-state index contributed by atoms with van der Waals surface area (Å²) in [4.78, 5) is 15.4. The van der Waals surface area contributed by atoms with Gasteiger partial charge >= 0.3 is 5.97 Å². The first-order valence-corrected chi connectivity index (χ1v) is 7.66. The van der Waals surface area contributed by atoms with E-state index in [0.29, 0.717) is 11.6 Å². The fourth-order valence-electron chi connectivity index (χ4n) is 2.50. The van der Waals surface area contributed by atoms with Crippen molar-refractivity contribution in [2.45, 2.75) is 31.7 Å². The Morgan fingerprint density at radius 3 is 2.60 bits per heavy atom. The van der Waals surface area contributed by atoms with Gasteiger partial charge in [-0.2, -0.15) is 0 Å². The molecule has 0 radical (unpaired) electrons. The lowest BCUT2D eigenvalue weighted by Crippen LogP contribution is -2.13. The first-order valence-electron chi connectivity index (χ1n) is 6.78. The molecule has 1 heterocycles. The molecule has 0 bridgehead atoms. The normalized spacial score (nSPS) is 15.4. The fourth-order valence-corrected chi connectivity index (χ4v) is 3.30. The second-order valence-corrected chi connectivity index (χ2v) is 5.90. The van der Waals surface area contributed by atoms with Crippen LogP contribution in [0.2, 0.25) is 0 Å². The van der Waals surface area contributed by atoms with Crippen molar-refractivity contribution in [2.24, 2.45) is 0 Å². The summed E-state index contributed by atoms with van der Waals surface area (Å²) >= 11 is 1.60. The van der Waals surface area contributed by atoms with Crippen LogP contribution in [0.3, 0.4) is 0 Å². The minimum atomic E-state index is -0.904. The number of anilines is 1. The number of thiazole rings is 1. The number of carboxylic acids is 1. The number of carbonyl (C=O) groups is 1. The van der Waals surface area contributed by atoms with Crippen LogP contribution in [-0.2, 0) is 0 Å². The van der Waals surface area contributed by atoms with Crippen molar-refractivity contribution >= 4 is 22.4 Å². The SMILES string of the molecule is O=C(O)c1ccc(-c2csc(NC3CCCC3)n2)cc1. The number of benzene rings is 1. The minimum Gasteiger partial charge on any atom is -0.478 e. The first kappa shape index (κ1) is 13.1. The Morgan fingerprint density at radius 2 is 1.95 bits per heavy atom. The van der Waals surface area contributed by atoms with Crippen LogP contribution in [0.15, 0.2) is 29.6 Å². The van der Waals surface area contributed by atoms with Crippen LogP contribution in [0.1, 0.15) is 36.0 Å². The monoisotopic (exact) mass is 288 g/mol. The van der Waals surface area contributed by atoms with Gasteiger partial charge in [0, 0.05) is 17.0 Å². The molecule has 2 aromatic rings. The standard InChI is InChI=1S/C15H16N2O2S/c18-14(19)11-7-5-10(6-8-11)13-9-20-15(17-13)16-12-3-1-2-4-12/h5-9,12H,1-4H2,(H,16,17)(H,18,19). The van der Waals surface area contributed by atoms with Gasteiger partial charge in [-0.05, 0) is 25.0 Å². The molecule has 0 atom stereocenters. The fraction of sp³-hybridized carbons (Fsp3) is 0.333. The zero-order valence-electron chi connectivity index (χ0n) is 11.0. The van der Waals surface area contributed by atoms with Crippen LogP contribution >= 0.6 is 11.3 Å². The number of hydrogen-bond acceptors (Lipinski definition) is 4. The van der Waals surface area contributed by atoms with Crippen molar-refractivity contribution < 1.29 is 9.90 Å². The van der Waals surface area contributed by atoms with Crippen molar-refractivity contribution in [3.63, 3.8) is 0 Å². The van der Waals surface area contributed by atoms with Gasteiger partial charge in [-0.25, -0.2) is 9.78 Å². The predicted octanol–water partition coefficient (Wildman–Crippen LogP) is 3.86. The van der Waals surface area contributed by atoms with E-state index in [-0.39, 0.29) is 0 Å². The molecule has 0 unspecified atom stereocenters. The molecular formula is C15H16N2O2S. The molecule has 5 heteroatoms. The molecule has 0 aliphatic heterocycles. The number of aromatic carboxylic acids is 1. The summed E-state index contributed by atoms with van der Waals surface area (Å²) in [5.41, 5.74) is 2.14. The zero-order valence-corrected chi connectivity index (χ0v) is 11.8. The summed E-state index contributed by atoms with van der Waals surface area (Å²) < 4.78 is 0. The van der Waals surface area contributed by atoms with Crippen LogP contribution in [0.5, 0.6) is 0 Å². The molecule has 1 aromatic carbocycles. The lowest BCUT2D eigenvalue weighted by Gasteiger charge is -2.09. The quantitative estimate of drug-likeness (QED) is 0.896. The maximum Gasteiger partial charge on any atom is 0.335 e. The van der Waals surface area contributed by atoms with E-state index in [4.69, 9.17) is 5.11 Å². The molecule has 1 fully saturated rings. The molecule has 1 aliphatic rings. The molecule has 1 aromatic heterocycles. The topological polar surface area (TPSA) is 62.2 Å². The van der Waals surface area contributed by atoms with Gasteiger partial charge in [0.1, 0.15) is 0 Å². The van der Waals surface area contributed by atoms with Crippen LogP contribution in [0.4, 0.5) is 5.13 Å². The average molecular weight is 288 g/mol. The van der Waals surface area contributed by atoms with Crippen molar-refractivity contribution in [3.05, 3.63) is 35.2 Å². The van der Waals surface area contributed by atoms with Gasteiger partial charge < -0.3 is 10.4 Å². The van der Waals surface area contributed by atoms with Crippen LogP contribution < -0.4 is 5.32 Å². The molecule has 2 N–H and O–H groups in total. The Hall–Kier alpha value is -1.88. The zero-order chi connectivity index (χ0) is 13.9. The van der Waals surface area contributed by atoms with E-state index in [1.807, 2.05) is 5.38 Å². The minimum absolute atomic E-state index is 0.299. The van der Waals surface area contributed by atoms with E-state index in [0.717, 1.165) is 16.4 Å². The summed E-state index contributed by atoms with van der Waals surface area (Å²) in [7, 11) is 0. The van der Waals surface area contributed by atoms with Gasteiger partial charge in [0.05, 0.1) is 11.3 Å². The number of aromatic nitrogens is 1. The van der Waals surface area contributed by atoms with Gasteiger partial charge in [-0.1, -0.05) is 25.0 Å². The first-order chi connectivity index (χ1) is 9.72. The Morgan fingerprint density at radius 1 is 1.25 bits per heavy atom. The van der Waals surface area contributed by atoms with Gasteiger partial charge in [-0.15, -0.1) is 11.3 Å². The van der Waals surface area contributed by atoms with E-state index in [1.54, 1.807) is 35.6 Å². The van der Waals surface area contributed by atoms with Crippen molar-refractivity contribution in [1.82, 2.24) is 4.98 Å². The van der Waals surface area contributed by atoms with Gasteiger partial charge in [0.2, 0.25) is 0 Å². The van der Waals surface area contributed by atoms with Crippen molar-refractivity contribution in [1.29, 1.82) is 0 Å². The number of nitrogens with one attached hydrogen (secondary N) is 1. The Kier molecular flexibility index (Phi) is 3.69. The molecular weight excluding hydrogens is 272 g/mol. The van der Waals surface area contributed by atoms with Gasteiger partial charge in [0.25, 0.3) is 0 Å². The molecule has 1 saturated carbocycles. The van der Waals surface area contributed by atoms with E-state index >= 15 is 0 Å². The molecule has 0 spiro atoms. The maximum absolute atomic E-state index is 10.8. The molecule has 0 amide bonds. The predicted molar refractivity (Wildman–Crippen MR) is 80.4 cm³/mol. The lowest BCUT2D eigenvalue weighted by atomic mass is 10.1. The van der Waals surface area contributed by atoms with Gasteiger partial charge in [0.15, 0.2) is 5.13 Å². The molecule has 4 nitrogen and oxygen atoms in total. The summed E-state index contributed by atoms with van der Waals surface area (Å²) in [5.74, 6) is -0.904. The van der Waals surface area contributed by atoms with Crippen molar-refractivity contribution in [3.8, 4) is 11.3 Å². The second-order valence-electron chi connectivity index (χ2n) is 5.05. The third kappa shape index (κ3) is 2.82. The largest absolute Gasteiger partial charge is 0.478 e. The Labute approximate surface area is 121 Å². The number of rotatable bonds is 4. The lowest BCUT2D eigenvalue weighted by molar-refractivity contribution is 0.0697. The summed E-state index contributed by atoms with van der Waals surface area (Å²) in [6.07, 6.45) is 5.05. The van der Waals surface area contributed by atoms with Crippen LogP contribution in [-0.4, -0.2) is 22.1 Å². The van der Waals surface area contributed by atoms with Crippen LogP contribution in [0, 0.1) is 0 Å². The van der Waals surface area contributed by atoms with E-state index in [9.17, 15) is 4.79 Å². The highest BCUT2D eigenvalue weighted by atomic mass is 32.1.